The van der Waals surface area contributed by atoms with E-state index in [1.807, 2.05) is 30.3 Å². The van der Waals surface area contributed by atoms with E-state index in [2.05, 4.69) is 28.2 Å². The Balaban J connectivity index is 1.35. The number of benzene rings is 2. The predicted molar refractivity (Wildman–Crippen MR) is 95.1 cm³/mol. The maximum absolute atomic E-state index is 5.70. The summed E-state index contributed by atoms with van der Waals surface area (Å²) in [4.78, 5) is 9.09. The van der Waals surface area contributed by atoms with Gasteiger partial charge in [-0.1, -0.05) is 47.8 Å². The van der Waals surface area contributed by atoms with Crippen molar-refractivity contribution in [2.24, 2.45) is 0 Å². The van der Waals surface area contributed by atoms with Crippen LogP contribution in [0.1, 0.15) is 0 Å². The van der Waals surface area contributed by atoms with Gasteiger partial charge in [-0.15, -0.1) is 11.3 Å². The Kier molecular flexibility index (Phi) is 4.05. The first kappa shape index (κ1) is 14.1. The van der Waals surface area contributed by atoms with Crippen molar-refractivity contribution in [3.05, 3.63) is 48.5 Å². The zero-order chi connectivity index (χ0) is 14.8. The fourth-order valence-electron chi connectivity index (χ4n) is 2.08. The number of fused-ring (bicyclic) bond motifs is 2. The summed E-state index contributed by atoms with van der Waals surface area (Å²) in [5.74, 6) is 1.94. The first-order valence-electron chi connectivity index (χ1n) is 6.85. The topological polar surface area (TPSA) is 38.9 Å². The smallest absolute Gasteiger partial charge is 0.256 e. The van der Waals surface area contributed by atoms with Crippen molar-refractivity contribution in [1.29, 1.82) is 0 Å². The fourth-order valence-corrected chi connectivity index (χ4v) is 5.03. The molecule has 0 fully saturated rings. The highest BCUT2D eigenvalue weighted by atomic mass is 32.2. The van der Waals surface area contributed by atoms with Gasteiger partial charge in [-0.05, 0) is 24.3 Å². The summed E-state index contributed by atoms with van der Waals surface area (Å²) >= 11 is 5.19. The molecule has 0 bridgehead atoms. The Hall–Kier alpha value is -1.50. The molecule has 3 nitrogen and oxygen atoms in total. The van der Waals surface area contributed by atoms with Crippen LogP contribution < -0.4 is 0 Å². The van der Waals surface area contributed by atoms with Gasteiger partial charge < -0.3 is 4.42 Å². The molecule has 0 spiro atoms. The van der Waals surface area contributed by atoms with E-state index in [0.717, 1.165) is 37.7 Å². The molecular weight excluding hydrogens is 332 g/mol. The van der Waals surface area contributed by atoms with Crippen molar-refractivity contribution in [2.75, 3.05) is 11.5 Å². The second kappa shape index (κ2) is 6.32. The number of hydrogen-bond donors (Lipinski definition) is 0. The van der Waals surface area contributed by atoms with Crippen LogP contribution in [-0.4, -0.2) is 21.5 Å². The first-order chi connectivity index (χ1) is 10.9. The minimum absolute atomic E-state index is 0.742. The van der Waals surface area contributed by atoms with Gasteiger partial charge in [0.25, 0.3) is 5.22 Å². The van der Waals surface area contributed by atoms with Crippen LogP contribution in [0, 0.1) is 0 Å². The Morgan fingerprint density at radius 1 is 0.864 bits per heavy atom. The molecule has 2 heterocycles. The molecule has 0 amide bonds. The first-order valence-corrected chi connectivity index (χ1v) is 9.64. The molecule has 0 N–H and O–H groups in total. The van der Waals surface area contributed by atoms with E-state index in [1.165, 1.54) is 4.70 Å². The van der Waals surface area contributed by atoms with Crippen molar-refractivity contribution in [2.45, 2.75) is 9.56 Å². The van der Waals surface area contributed by atoms with Crippen LogP contribution in [0.2, 0.25) is 0 Å². The third kappa shape index (κ3) is 2.99. The molecule has 110 valence electrons. The number of thiazole rings is 1. The zero-order valence-corrected chi connectivity index (χ0v) is 14.0. The van der Waals surface area contributed by atoms with Crippen LogP contribution in [0.5, 0.6) is 0 Å². The second-order valence-electron chi connectivity index (χ2n) is 4.59. The molecule has 2 aromatic carbocycles. The number of rotatable bonds is 5. The van der Waals surface area contributed by atoms with Gasteiger partial charge >= 0.3 is 0 Å². The number of aromatic nitrogens is 2. The van der Waals surface area contributed by atoms with Crippen molar-refractivity contribution in [3.8, 4) is 0 Å². The van der Waals surface area contributed by atoms with Gasteiger partial charge in [0.2, 0.25) is 0 Å². The molecule has 0 unspecified atom stereocenters. The van der Waals surface area contributed by atoms with E-state index < -0.39 is 0 Å². The summed E-state index contributed by atoms with van der Waals surface area (Å²) in [6, 6.07) is 16.1. The highest BCUT2D eigenvalue weighted by molar-refractivity contribution is 8.03. The standard InChI is InChI=1S/C16H12N2OS3/c1-3-7-13-11(5-1)17-15(19-13)20-9-10-21-16-18-12-6-2-4-8-14(12)22-16/h1-8H,9-10H2. The van der Waals surface area contributed by atoms with Crippen molar-refractivity contribution >= 4 is 56.2 Å². The van der Waals surface area contributed by atoms with Gasteiger partial charge in [-0.25, -0.2) is 9.97 Å². The summed E-state index contributed by atoms with van der Waals surface area (Å²) < 4.78 is 8.07. The lowest BCUT2D eigenvalue weighted by Crippen LogP contribution is -1.83. The van der Waals surface area contributed by atoms with Crippen LogP contribution in [0.3, 0.4) is 0 Å². The van der Waals surface area contributed by atoms with Gasteiger partial charge in [-0.3, -0.25) is 0 Å². The highest BCUT2D eigenvalue weighted by Crippen LogP contribution is 2.30. The molecule has 0 aliphatic rings. The second-order valence-corrected chi connectivity index (χ2v) is 8.01. The number of para-hydroxylation sites is 3. The lowest BCUT2D eigenvalue weighted by molar-refractivity contribution is 0.489. The van der Waals surface area contributed by atoms with E-state index >= 15 is 0 Å². The molecule has 0 saturated carbocycles. The molecular formula is C16H12N2OS3. The fraction of sp³-hybridized carbons (Fsp3) is 0.125. The van der Waals surface area contributed by atoms with Gasteiger partial charge in [0, 0.05) is 11.5 Å². The van der Waals surface area contributed by atoms with Gasteiger partial charge in [0.05, 0.1) is 10.2 Å². The van der Waals surface area contributed by atoms with E-state index in [9.17, 15) is 0 Å². The average Bonchev–Trinajstić information content (AvgIpc) is 3.14. The molecule has 4 rings (SSSR count). The van der Waals surface area contributed by atoms with Crippen LogP contribution >= 0.6 is 34.9 Å². The molecule has 2 aromatic heterocycles. The van der Waals surface area contributed by atoms with Gasteiger partial charge in [0.1, 0.15) is 5.52 Å². The number of oxazole rings is 1. The summed E-state index contributed by atoms with van der Waals surface area (Å²) in [6.45, 7) is 0. The molecule has 0 radical (unpaired) electrons. The van der Waals surface area contributed by atoms with E-state index in [-0.39, 0.29) is 0 Å². The minimum atomic E-state index is 0.742. The molecule has 0 aliphatic carbocycles. The maximum atomic E-state index is 5.70. The van der Waals surface area contributed by atoms with Gasteiger partial charge in [0.15, 0.2) is 9.92 Å². The summed E-state index contributed by atoms with van der Waals surface area (Å²) in [7, 11) is 0. The SMILES string of the molecule is c1ccc2oc(SCCSc3nc4ccccc4s3)nc2c1. The molecule has 22 heavy (non-hydrogen) atoms. The molecule has 4 aromatic rings. The predicted octanol–water partition coefficient (Wildman–Crippen LogP) is 5.32. The van der Waals surface area contributed by atoms with Crippen LogP contribution in [0.25, 0.3) is 21.3 Å². The zero-order valence-electron chi connectivity index (χ0n) is 11.6. The van der Waals surface area contributed by atoms with E-state index in [1.54, 1.807) is 34.9 Å². The minimum Gasteiger partial charge on any atom is -0.431 e. The number of thioether (sulfide) groups is 2. The summed E-state index contributed by atoms with van der Waals surface area (Å²) in [5.41, 5.74) is 2.86. The number of hydrogen-bond acceptors (Lipinski definition) is 6. The van der Waals surface area contributed by atoms with E-state index in [0.29, 0.717) is 0 Å². The van der Waals surface area contributed by atoms with Gasteiger partial charge in [-0.2, -0.15) is 0 Å². The third-order valence-electron chi connectivity index (χ3n) is 3.08. The van der Waals surface area contributed by atoms with Crippen molar-refractivity contribution in [1.82, 2.24) is 9.97 Å². The average molecular weight is 344 g/mol. The van der Waals surface area contributed by atoms with Crippen molar-refractivity contribution < 1.29 is 4.42 Å². The Morgan fingerprint density at radius 3 is 2.50 bits per heavy atom. The lowest BCUT2D eigenvalue weighted by Gasteiger charge is -1.95. The van der Waals surface area contributed by atoms with Crippen molar-refractivity contribution in [3.63, 3.8) is 0 Å². The number of nitrogens with zero attached hydrogens (tertiary/aromatic N) is 2. The largest absolute Gasteiger partial charge is 0.431 e. The summed E-state index contributed by atoms with van der Waals surface area (Å²) in [6.07, 6.45) is 0. The molecule has 0 saturated heterocycles. The Bertz CT molecular complexity index is 774. The lowest BCUT2D eigenvalue weighted by atomic mass is 10.3. The third-order valence-corrected chi connectivity index (χ3v) is 6.35. The van der Waals surface area contributed by atoms with Crippen LogP contribution in [-0.2, 0) is 0 Å². The quantitative estimate of drug-likeness (QED) is 0.362. The normalized spacial score (nSPS) is 11.5. The molecule has 0 aliphatic heterocycles. The highest BCUT2D eigenvalue weighted by Gasteiger charge is 2.07. The Labute approximate surface area is 140 Å². The molecule has 6 heteroatoms. The van der Waals surface area contributed by atoms with E-state index in [4.69, 9.17) is 4.42 Å². The van der Waals surface area contributed by atoms with Crippen LogP contribution in [0.15, 0.2) is 62.5 Å². The maximum Gasteiger partial charge on any atom is 0.256 e. The monoisotopic (exact) mass is 344 g/mol. The Morgan fingerprint density at radius 2 is 1.64 bits per heavy atom. The van der Waals surface area contributed by atoms with Crippen LogP contribution in [0.4, 0.5) is 0 Å². The molecule has 0 atom stereocenters. The summed E-state index contributed by atoms with van der Waals surface area (Å²) in [5, 5.41) is 0.742.